The fourth-order valence-electron chi connectivity index (χ4n) is 2.08. The topological polar surface area (TPSA) is 64.6 Å². The lowest BCUT2D eigenvalue weighted by molar-refractivity contribution is -0.149. The van der Waals surface area contributed by atoms with Crippen LogP contribution in [0.2, 0.25) is 5.02 Å². The van der Waals surface area contributed by atoms with Crippen LogP contribution in [-0.2, 0) is 14.3 Å². The minimum atomic E-state index is -0.607. The highest BCUT2D eigenvalue weighted by molar-refractivity contribution is 6.30. The molecule has 0 radical (unpaired) electrons. The monoisotopic (exact) mass is 347 g/mol. The Morgan fingerprint density at radius 1 is 1.00 bits per heavy atom. The number of esters is 1. The van der Waals surface area contributed by atoms with Crippen LogP contribution in [0.25, 0.3) is 0 Å². The van der Waals surface area contributed by atoms with Crippen molar-refractivity contribution in [1.29, 1.82) is 0 Å². The van der Waals surface area contributed by atoms with E-state index in [9.17, 15) is 9.59 Å². The molecule has 0 heterocycles. The summed E-state index contributed by atoms with van der Waals surface area (Å²) in [5.41, 5.74) is 2.44. The van der Waals surface area contributed by atoms with Crippen molar-refractivity contribution in [2.24, 2.45) is 0 Å². The van der Waals surface area contributed by atoms with Crippen molar-refractivity contribution in [3.63, 3.8) is 0 Å². The number of aryl methyl sites for hydroxylation is 2. The number of anilines is 1. The summed E-state index contributed by atoms with van der Waals surface area (Å²) in [5, 5.41) is 3.17. The molecule has 126 valence electrons. The number of nitrogens with one attached hydrogen (secondary N) is 1. The van der Waals surface area contributed by atoms with Gasteiger partial charge in [-0.25, -0.2) is 4.79 Å². The van der Waals surface area contributed by atoms with Gasteiger partial charge in [0.25, 0.3) is 5.91 Å². The predicted octanol–water partition coefficient (Wildman–Crippen LogP) is 3.52. The number of carbonyl (C=O) groups is 2. The summed E-state index contributed by atoms with van der Waals surface area (Å²) in [6, 6.07) is 12.3. The smallest absolute Gasteiger partial charge is 0.344 e. The van der Waals surface area contributed by atoms with E-state index >= 15 is 0 Å². The molecule has 2 aromatic carbocycles. The molecule has 0 atom stereocenters. The van der Waals surface area contributed by atoms with Gasteiger partial charge >= 0.3 is 5.97 Å². The molecule has 0 saturated heterocycles. The number of hydrogen-bond acceptors (Lipinski definition) is 4. The maximum absolute atomic E-state index is 11.7. The molecule has 0 saturated carbocycles. The quantitative estimate of drug-likeness (QED) is 0.812. The zero-order valence-corrected chi connectivity index (χ0v) is 14.2. The fraction of sp³-hybridized carbons (Fsp3) is 0.222. The van der Waals surface area contributed by atoms with Gasteiger partial charge in [-0.3, -0.25) is 4.79 Å². The largest absolute Gasteiger partial charge is 0.481 e. The van der Waals surface area contributed by atoms with Crippen molar-refractivity contribution in [3.05, 3.63) is 58.6 Å². The third kappa shape index (κ3) is 5.28. The van der Waals surface area contributed by atoms with Crippen LogP contribution in [0.15, 0.2) is 42.5 Å². The third-order valence-corrected chi connectivity index (χ3v) is 3.49. The summed E-state index contributed by atoms with van der Waals surface area (Å²) in [5.74, 6) is -0.387. The van der Waals surface area contributed by atoms with Crippen LogP contribution >= 0.6 is 11.6 Å². The van der Waals surface area contributed by atoms with Gasteiger partial charge in [-0.05, 0) is 49.2 Å². The summed E-state index contributed by atoms with van der Waals surface area (Å²) in [4.78, 5) is 23.4. The molecule has 0 spiro atoms. The van der Waals surface area contributed by atoms with E-state index in [4.69, 9.17) is 21.1 Å². The molecule has 0 aliphatic heterocycles. The molecule has 2 rings (SSSR count). The lowest BCUT2D eigenvalue weighted by Gasteiger charge is -2.11. The van der Waals surface area contributed by atoms with Gasteiger partial charge < -0.3 is 14.8 Å². The SMILES string of the molecule is Cc1cccc(C)c1OCC(=O)OCC(=O)Nc1ccc(Cl)cc1. The number of ether oxygens (including phenoxy) is 2. The molecule has 0 aromatic heterocycles. The van der Waals surface area contributed by atoms with Gasteiger partial charge in [-0.2, -0.15) is 0 Å². The fourth-order valence-corrected chi connectivity index (χ4v) is 2.20. The lowest BCUT2D eigenvalue weighted by Crippen LogP contribution is -2.23. The van der Waals surface area contributed by atoms with Crippen molar-refractivity contribution in [2.75, 3.05) is 18.5 Å². The molecule has 0 unspecified atom stereocenters. The Labute approximate surface area is 145 Å². The average molecular weight is 348 g/mol. The van der Waals surface area contributed by atoms with E-state index in [0.717, 1.165) is 11.1 Å². The van der Waals surface area contributed by atoms with Crippen LogP contribution in [0.5, 0.6) is 5.75 Å². The second kappa shape index (κ2) is 8.36. The van der Waals surface area contributed by atoms with E-state index < -0.39 is 11.9 Å². The van der Waals surface area contributed by atoms with Gasteiger partial charge in [0.05, 0.1) is 0 Å². The normalized spacial score (nSPS) is 10.1. The number of amides is 1. The number of hydrogen-bond donors (Lipinski definition) is 1. The Balaban J connectivity index is 1.76. The van der Waals surface area contributed by atoms with Crippen molar-refractivity contribution in [2.45, 2.75) is 13.8 Å². The highest BCUT2D eigenvalue weighted by Gasteiger charge is 2.10. The van der Waals surface area contributed by atoms with E-state index in [1.165, 1.54) is 0 Å². The van der Waals surface area contributed by atoms with Crippen LogP contribution in [-0.4, -0.2) is 25.1 Å². The van der Waals surface area contributed by atoms with Gasteiger partial charge in [-0.15, -0.1) is 0 Å². The Morgan fingerprint density at radius 3 is 2.25 bits per heavy atom. The summed E-state index contributed by atoms with van der Waals surface area (Å²) in [6.07, 6.45) is 0. The number of para-hydroxylation sites is 1. The standard InChI is InChI=1S/C18H18ClNO4/c1-12-4-3-5-13(2)18(12)24-11-17(22)23-10-16(21)20-15-8-6-14(19)7-9-15/h3-9H,10-11H2,1-2H3,(H,20,21). The van der Waals surface area contributed by atoms with Gasteiger partial charge in [0, 0.05) is 10.7 Å². The van der Waals surface area contributed by atoms with E-state index in [0.29, 0.717) is 16.5 Å². The van der Waals surface area contributed by atoms with Crippen LogP contribution in [0.4, 0.5) is 5.69 Å². The summed E-state index contributed by atoms with van der Waals surface area (Å²) >= 11 is 5.76. The van der Waals surface area contributed by atoms with Crippen molar-refractivity contribution in [1.82, 2.24) is 0 Å². The molecular weight excluding hydrogens is 330 g/mol. The first-order valence-corrected chi connectivity index (χ1v) is 7.73. The Bertz CT molecular complexity index is 708. The van der Waals surface area contributed by atoms with Crippen LogP contribution in [0, 0.1) is 13.8 Å². The second-order valence-corrected chi connectivity index (χ2v) is 5.66. The van der Waals surface area contributed by atoms with E-state index in [-0.39, 0.29) is 13.2 Å². The minimum absolute atomic E-state index is 0.250. The van der Waals surface area contributed by atoms with Gasteiger partial charge in [-0.1, -0.05) is 29.8 Å². The third-order valence-electron chi connectivity index (χ3n) is 3.24. The maximum atomic E-state index is 11.7. The summed E-state index contributed by atoms with van der Waals surface area (Å²) < 4.78 is 10.4. The molecule has 5 nitrogen and oxygen atoms in total. The number of halogens is 1. The first kappa shape index (κ1) is 17.8. The first-order valence-electron chi connectivity index (χ1n) is 7.36. The molecule has 1 amide bonds. The summed E-state index contributed by atoms with van der Waals surface area (Å²) in [6.45, 7) is 3.16. The first-order chi connectivity index (χ1) is 11.5. The van der Waals surface area contributed by atoms with Gasteiger partial charge in [0.15, 0.2) is 13.2 Å². The lowest BCUT2D eigenvalue weighted by atomic mass is 10.1. The Kier molecular flexibility index (Phi) is 6.21. The molecule has 1 N–H and O–H groups in total. The molecule has 0 fully saturated rings. The highest BCUT2D eigenvalue weighted by Crippen LogP contribution is 2.22. The van der Waals surface area contributed by atoms with Crippen LogP contribution in [0.3, 0.4) is 0 Å². The molecule has 0 bridgehead atoms. The van der Waals surface area contributed by atoms with Crippen LogP contribution < -0.4 is 10.1 Å². The highest BCUT2D eigenvalue weighted by atomic mass is 35.5. The average Bonchev–Trinajstić information content (AvgIpc) is 2.54. The second-order valence-electron chi connectivity index (χ2n) is 5.23. The van der Waals surface area contributed by atoms with Gasteiger partial charge in [0.2, 0.25) is 0 Å². The zero-order valence-electron chi connectivity index (χ0n) is 13.5. The minimum Gasteiger partial charge on any atom is -0.481 e. The molecule has 0 aliphatic carbocycles. The van der Waals surface area contributed by atoms with Crippen LogP contribution in [0.1, 0.15) is 11.1 Å². The van der Waals surface area contributed by atoms with E-state index in [2.05, 4.69) is 5.32 Å². The molecule has 24 heavy (non-hydrogen) atoms. The van der Waals surface area contributed by atoms with Crippen molar-refractivity contribution >= 4 is 29.2 Å². The summed E-state index contributed by atoms with van der Waals surface area (Å²) in [7, 11) is 0. The Hall–Kier alpha value is -2.53. The van der Waals surface area contributed by atoms with Gasteiger partial charge in [0.1, 0.15) is 5.75 Å². The molecule has 2 aromatic rings. The maximum Gasteiger partial charge on any atom is 0.344 e. The van der Waals surface area contributed by atoms with E-state index in [1.54, 1.807) is 24.3 Å². The molecule has 6 heteroatoms. The van der Waals surface area contributed by atoms with Crippen molar-refractivity contribution < 1.29 is 19.1 Å². The number of carbonyl (C=O) groups excluding carboxylic acids is 2. The molecular formula is C18H18ClNO4. The number of benzene rings is 2. The number of rotatable bonds is 6. The van der Waals surface area contributed by atoms with E-state index in [1.807, 2.05) is 32.0 Å². The van der Waals surface area contributed by atoms with Crippen molar-refractivity contribution in [3.8, 4) is 5.75 Å². The predicted molar refractivity (Wildman–Crippen MR) is 92.5 cm³/mol. The molecule has 0 aliphatic rings. The zero-order chi connectivity index (χ0) is 17.5. The Morgan fingerprint density at radius 2 is 1.62 bits per heavy atom.